The molecule has 20 heavy (non-hydrogen) atoms. The number of hydrogen-bond donors (Lipinski definition) is 1. The molecule has 0 aliphatic heterocycles. The number of aliphatic hydroxyl groups is 1. The van der Waals surface area contributed by atoms with E-state index in [9.17, 15) is 9.50 Å². The molecule has 0 heterocycles. The average molecular weight is 337 g/mol. The van der Waals surface area contributed by atoms with E-state index in [0.717, 1.165) is 12.0 Å². The second kappa shape index (κ2) is 7.00. The van der Waals surface area contributed by atoms with Crippen LogP contribution in [0.2, 0.25) is 0 Å². The molecule has 1 atom stereocenters. The smallest absolute Gasteiger partial charge is 0.137 e. The molecule has 0 spiro atoms. The summed E-state index contributed by atoms with van der Waals surface area (Å²) in [6.45, 7) is 2.06. The topological polar surface area (TPSA) is 20.2 Å². The van der Waals surface area contributed by atoms with Gasteiger partial charge < -0.3 is 5.11 Å². The highest BCUT2D eigenvalue weighted by atomic mass is 79.9. The number of benzene rings is 2. The first-order chi connectivity index (χ1) is 9.56. The third-order valence-corrected chi connectivity index (χ3v) is 4.22. The molecule has 0 amide bonds. The van der Waals surface area contributed by atoms with Gasteiger partial charge in [-0.3, -0.25) is 0 Å². The molecule has 0 fully saturated rings. The fourth-order valence-corrected chi connectivity index (χ4v) is 2.69. The van der Waals surface area contributed by atoms with Crippen LogP contribution in [-0.2, 0) is 12.8 Å². The Morgan fingerprint density at radius 1 is 1.20 bits per heavy atom. The zero-order valence-electron chi connectivity index (χ0n) is 11.4. The fraction of sp³-hybridized carbons (Fsp3) is 0.294. The number of halogens is 2. The van der Waals surface area contributed by atoms with Gasteiger partial charge in [-0.1, -0.05) is 42.0 Å². The van der Waals surface area contributed by atoms with Gasteiger partial charge in [0.15, 0.2) is 0 Å². The van der Waals surface area contributed by atoms with Gasteiger partial charge in [-0.15, -0.1) is 0 Å². The molecule has 3 heteroatoms. The zero-order chi connectivity index (χ0) is 14.5. The molecular formula is C17H18BrFO. The molecule has 1 N–H and O–H groups in total. The minimum atomic E-state index is -0.464. The number of aryl methyl sites for hydroxylation is 2. The molecule has 0 saturated heterocycles. The second-order valence-electron chi connectivity index (χ2n) is 5.10. The van der Waals surface area contributed by atoms with E-state index < -0.39 is 6.10 Å². The summed E-state index contributed by atoms with van der Waals surface area (Å²) >= 11 is 3.23. The normalized spacial score (nSPS) is 12.4. The Labute approximate surface area is 127 Å². The molecule has 0 aromatic heterocycles. The summed E-state index contributed by atoms with van der Waals surface area (Å²) < 4.78 is 13.8. The van der Waals surface area contributed by atoms with Crippen molar-refractivity contribution in [3.63, 3.8) is 0 Å². The van der Waals surface area contributed by atoms with E-state index in [-0.39, 0.29) is 5.82 Å². The Morgan fingerprint density at radius 3 is 2.70 bits per heavy atom. The molecule has 1 nitrogen and oxygen atoms in total. The van der Waals surface area contributed by atoms with Crippen LogP contribution in [0.15, 0.2) is 46.9 Å². The monoisotopic (exact) mass is 336 g/mol. The summed E-state index contributed by atoms with van der Waals surface area (Å²) in [5.74, 6) is -0.284. The van der Waals surface area contributed by atoms with Crippen LogP contribution in [0.25, 0.3) is 0 Å². The minimum Gasteiger partial charge on any atom is -0.393 e. The Balaban J connectivity index is 1.92. The summed E-state index contributed by atoms with van der Waals surface area (Å²) in [6, 6.07) is 13.2. The van der Waals surface area contributed by atoms with Crippen LogP contribution in [0, 0.1) is 12.7 Å². The fourth-order valence-electron chi connectivity index (χ4n) is 2.26. The molecule has 2 aromatic rings. The van der Waals surface area contributed by atoms with Crippen LogP contribution < -0.4 is 0 Å². The van der Waals surface area contributed by atoms with Gasteiger partial charge in [-0.2, -0.15) is 0 Å². The maximum atomic E-state index is 13.4. The summed E-state index contributed by atoms with van der Waals surface area (Å²) in [5, 5.41) is 10.1. The Morgan fingerprint density at radius 2 is 1.95 bits per heavy atom. The van der Waals surface area contributed by atoms with Gasteiger partial charge in [0.25, 0.3) is 0 Å². The van der Waals surface area contributed by atoms with Gasteiger partial charge in [0.2, 0.25) is 0 Å². The van der Waals surface area contributed by atoms with Crippen molar-refractivity contribution >= 4 is 15.9 Å². The van der Waals surface area contributed by atoms with Gasteiger partial charge >= 0.3 is 0 Å². The van der Waals surface area contributed by atoms with Crippen LogP contribution in [0.5, 0.6) is 0 Å². The first-order valence-electron chi connectivity index (χ1n) is 6.73. The van der Waals surface area contributed by atoms with Crippen LogP contribution >= 0.6 is 15.9 Å². The predicted octanol–water partition coefficient (Wildman–Crippen LogP) is 4.43. The van der Waals surface area contributed by atoms with Crippen LogP contribution in [-0.4, -0.2) is 11.2 Å². The quantitative estimate of drug-likeness (QED) is 0.856. The number of aliphatic hydroxyl groups excluding tert-OH is 1. The van der Waals surface area contributed by atoms with Gasteiger partial charge in [-0.05, 0) is 59.3 Å². The SMILES string of the molecule is Cc1cccc(CCC(O)Cc2cccc(F)c2Br)c1. The van der Waals surface area contributed by atoms with Crippen LogP contribution in [0.4, 0.5) is 4.39 Å². The summed E-state index contributed by atoms with van der Waals surface area (Å²) in [5.41, 5.74) is 3.26. The molecule has 106 valence electrons. The first kappa shape index (κ1) is 15.2. The van der Waals surface area contributed by atoms with Crippen molar-refractivity contribution in [3.8, 4) is 0 Å². The zero-order valence-corrected chi connectivity index (χ0v) is 13.0. The molecule has 0 saturated carbocycles. The van der Waals surface area contributed by atoms with E-state index in [0.29, 0.717) is 17.3 Å². The summed E-state index contributed by atoms with van der Waals surface area (Å²) in [6.07, 6.45) is 1.50. The van der Waals surface area contributed by atoms with E-state index in [4.69, 9.17) is 0 Å². The van der Waals surface area contributed by atoms with Gasteiger partial charge in [0.05, 0.1) is 10.6 Å². The first-order valence-corrected chi connectivity index (χ1v) is 7.52. The third kappa shape index (κ3) is 4.15. The maximum absolute atomic E-state index is 13.4. The van der Waals surface area contributed by atoms with Crippen molar-refractivity contribution in [2.24, 2.45) is 0 Å². The van der Waals surface area contributed by atoms with Gasteiger partial charge in [0.1, 0.15) is 5.82 Å². The van der Waals surface area contributed by atoms with E-state index >= 15 is 0 Å². The molecule has 1 unspecified atom stereocenters. The molecular weight excluding hydrogens is 319 g/mol. The highest BCUT2D eigenvalue weighted by Crippen LogP contribution is 2.22. The lowest BCUT2D eigenvalue weighted by Gasteiger charge is -2.12. The number of hydrogen-bond acceptors (Lipinski definition) is 1. The van der Waals surface area contributed by atoms with E-state index in [2.05, 4.69) is 41.1 Å². The van der Waals surface area contributed by atoms with Crippen molar-refractivity contribution in [2.75, 3.05) is 0 Å². The Bertz CT molecular complexity index is 583. The van der Waals surface area contributed by atoms with E-state index in [1.807, 2.05) is 12.1 Å². The van der Waals surface area contributed by atoms with Crippen molar-refractivity contribution < 1.29 is 9.50 Å². The lowest BCUT2D eigenvalue weighted by atomic mass is 10.0. The predicted molar refractivity (Wildman–Crippen MR) is 83.3 cm³/mol. The summed E-state index contributed by atoms with van der Waals surface area (Å²) in [7, 11) is 0. The van der Waals surface area contributed by atoms with Crippen molar-refractivity contribution in [1.82, 2.24) is 0 Å². The van der Waals surface area contributed by atoms with Crippen molar-refractivity contribution in [1.29, 1.82) is 0 Å². The Hall–Kier alpha value is -1.19. The minimum absolute atomic E-state index is 0.284. The molecule has 0 aliphatic rings. The van der Waals surface area contributed by atoms with E-state index in [1.54, 1.807) is 6.07 Å². The van der Waals surface area contributed by atoms with Crippen molar-refractivity contribution in [3.05, 3.63) is 69.4 Å². The van der Waals surface area contributed by atoms with Gasteiger partial charge in [-0.25, -0.2) is 4.39 Å². The summed E-state index contributed by atoms with van der Waals surface area (Å²) in [4.78, 5) is 0. The van der Waals surface area contributed by atoms with Crippen LogP contribution in [0.3, 0.4) is 0 Å². The molecule has 2 rings (SSSR count). The van der Waals surface area contributed by atoms with Crippen molar-refractivity contribution in [2.45, 2.75) is 32.3 Å². The molecule has 0 bridgehead atoms. The lowest BCUT2D eigenvalue weighted by Crippen LogP contribution is -2.12. The molecule has 2 aromatic carbocycles. The average Bonchev–Trinajstić information content (AvgIpc) is 2.42. The lowest BCUT2D eigenvalue weighted by molar-refractivity contribution is 0.165. The molecule has 0 aliphatic carbocycles. The largest absolute Gasteiger partial charge is 0.393 e. The maximum Gasteiger partial charge on any atom is 0.137 e. The molecule has 0 radical (unpaired) electrons. The standard InChI is InChI=1S/C17H18BrFO/c1-12-4-2-5-13(10-12)8-9-15(20)11-14-6-3-7-16(19)17(14)18/h2-7,10,15,20H,8-9,11H2,1H3. The van der Waals surface area contributed by atoms with E-state index in [1.165, 1.54) is 17.2 Å². The van der Waals surface area contributed by atoms with Crippen LogP contribution in [0.1, 0.15) is 23.1 Å². The van der Waals surface area contributed by atoms with Gasteiger partial charge in [0, 0.05) is 0 Å². The third-order valence-electron chi connectivity index (χ3n) is 3.34. The highest BCUT2D eigenvalue weighted by Gasteiger charge is 2.11. The number of rotatable bonds is 5. The highest BCUT2D eigenvalue weighted by molar-refractivity contribution is 9.10. The second-order valence-corrected chi connectivity index (χ2v) is 5.89. The Kier molecular flexibility index (Phi) is 5.32.